The first-order valence-corrected chi connectivity index (χ1v) is 13.4. The zero-order valence-electron chi connectivity index (χ0n) is 19.8. The molecule has 3 aromatic rings. The Bertz CT molecular complexity index is 1390. The second-order valence-corrected chi connectivity index (χ2v) is 12.0. The Morgan fingerprint density at radius 1 is 1.12 bits per heavy atom. The fourth-order valence-electron chi connectivity index (χ4n) is 5.12. The summed E-state index contributed by atoms with van der Waals surface area (Å²) in [5.74, 6) is 0.249. The zero-order valence-corrected chi connectivity index (χ0v) is 20.6. The summed E-state index contributed by atoms with van der Waals surface area (Å²) in [6.45, 7) is 8.14. The van der Waals surface area contributed by atoms with E-state index in [-0.39, 0.29) is 23.2 Å². The van der Waals surface area contributed by atoms with E-state index in [0.717, 1.165) is 16.7 Å². The number of sulfone groups is 1. The maximum absolute atomic E-state index is 13.6. The number of fused-ring (bicyclic) bond motifs is 1. The number of amides is 1. The van der Waals surface area contributed by atoms with Crippen LogP contribution in [0, 0.1) is 13.8 Å². The first kappa shape index (κ1) is 22.7. The van der Waals surface area contributed by atoms with Crippen LogP contribution in [0.2, 0.25) is 0 Å². The summed E-state index contributed by atoms with van der Waals surface area (Å²) < 4.78 is 24.6. The maximum atomic E-state index is 13.6. The molecule has 34 heavy (non-hydrogen) atoms. The van der Waals surface area contributed by atoms with Crippen LogP contribution >= 0.6 is 0 Å². The van der Waals surface area contributed by atoms with Crippen molar-refractivity contribution in [3.8, 4) is 17.0 Å². The molecule has 5 rings (SSSR count). The van der Waals surface area contributed by atoms with E-state index in [1.807, 2.05) is 32.0 Å². The number of hydrogen-bond donors (Lipinski definition) is 2. The third-order valence-electron chi connectivity index (χ3n) is 7.19. The second-order valence-electron chi connectivity index (χ2n) is 9.81. The van der Waals surface area contributed by atoms with E-state index in [0.29, 0.717) is 34.9 Å². The fraction of sp³-hybridized carbons (Fsp3) is 0.385. The summed E-state index contributed by atoms with van der Waals surface area (Å²) in [4.78, 5) is 15.3. The van der Waals surface area contributed by atoms with Gasteiger partial charge in [0.1, 0.15) is 17.1 Å². The topological polar surface area (TPSA) is 103 Å². The van der Waals surface area contributed by atoms with E-state index < -0.39 is 21.9 Å². The van der Waals surface area contributed by atoms with Crippen LogP contribution in [0.25, 0.3) is 11.3 Å². The predicted molar refractivity (Wildman–Crippen MR) is 131 cm³/mol. The summed E-state index contributed by atoms with van der Waals surface area (Å²) in [5, 5.41) is 18.1. The molecule has 8 heteroatoms. The minimum Gasteiger partial charge on any atom is -0.507 e. The van der Waals surface area contributed by atoms with Crippen LogP contribution in [-0.2, 0) is 9.84 Å². The Kier molecular flexibility index (Phi) is 5.31. The third-order valence-corrected chi connectivity index (χ3v) is 8.94. The van der Waals surface area contributed by atoms with Crippen molar-refractivity contribution in [2.75, 3.05) is 11.5 Å². The van der Waals surface area contributed by atoms with Crippen LogP contribution in [0.5, 0.6) is 5.75 Å². The fourth-order valence-corrected chi connectivity index (χ4v) is 6.83. The van der Waals surface area contributed by atoms with Crippen molar-refractivity contribution in [1.29, 1.82) is 0 Å². The van der Waals surface area contributed by atoms with Gasteiger partial charge in [-0.15, -0.1) is 0 Å². The number of carbonyl (C=O) groups excluding carboxylic acids is 1. The van der Waals surface area contributed by atoms with Crippen molar-refractivity contribution in [3.63, 3.8) is 0 Å². The number of nitrogens with zero attached hydrogens (tertiary/aromatic N) is 2. The van der Waals surface area contributed by atoms with E-state index in [9.17, 15) is 18.3 Å². The number of aromatic amines is 1. The molecule has 7 nitrogen and oxygen atoms in total. The third kappa shape index (κ3) is 3.60. The number of aromatic nitrogens is 2. The first-order valence-electron chi connectivity index (χ1n) is 11.6. The molecule has 2 atom stereocenters. The standard InChI is InChI=1S/C26H29N3O4S/c1-14(2)17-5-7-18(8-6-17)25-22-23(20-11-15(3)16(4)12-21(20)30)27-28-24(22)26(31)29(25)19-9-10-34(32,33)13-19/h5-8,11-12,14,19,25,30H,9-10,13H2,1-4H3,(H,27,28). The number of H-pyrrole nitrogens is 1. The highest BCUT2D eigenvalue weighted by atomic mass is 32.2. The normalized spacial score (nSPS) is 21.4. The molecule has 0 aliphatic carbocycles. The van der Waals surface area contributed by atoms with Crippen molar-refractivity contribution >= 4 is 15.7 Å². The Labute approximate surface area is 199 Å². The Balaban J connectivity index is 1.69. The Hall–Kier alpha value is -3.13. The van der Waals surface area contributed by atoms with Gasteiger partial charge in [0.25, 0.3) is 5.91 Å². The van der Waals surface area contributed by atoms with Crippen LogP contribution in [0.3, 0.4) is 0 Å². The first-order chi connectivity index (χ1) is 16.1. The van der Waals surface area contributed by atoms with E-state index in [1.165, 1.54) is 5.56 Å². The van der Waals surface area contributed by atoms with Crippen LogP contribution in [-0.4, -0.2) is 52.1 Å². The molecule has 2 aliphatic rings. The summed E-state index contributed by atoms with van der Waals surface area (Å²) >= 11 is 0. The van der Waals surface area contributed by atoms with Crippen molar-refractivity contribution in [3.05, 3.63) is 69.9 Å². The lowest BCUT2D eigenvalue weighted by Gasteiger charge is -2.31. The van der Waals surface area contributed by atoms with Gasteiger partial charge in [0.2, 0.25) is 0 Å². The van der Waals surface area contributed by atoms with Crippen LogP contribution in [0.4, 0.5) is 0 Å². The van der Waals surface area contributed by atoms with Gasteiger partial charge in [-0.25, -0.2) is 8.42 Å². The molecule has 1 amide bonds. The number of hydrogen-bond acceptors (Lipinski definition) is 5. The van der Waals surface area contributed by atoms with Crippen LogP contribution in [0.1, 0.15) is 70.5 Å². The van der Waals surface area contributed by atoms with Crippen LogP contribution < -0.4 is 0 Å². The average molecular weight is 480 g/mol. The molecule has 2 unspecified atom stereocenters. The molecule has 2 aromatic carbocycles. The van der Waals surface area contributed by atoms with Crippen LogP contribution in [0.15, 0.2) is 36.4 Å². The Morgan fingerprint density at radius 2 is 1.79 bits per heavy atom. The SMILES string of the molecule is Cc1cc(O)c(-c2n[nH]c3c2C(c2ccc(C(C)C)cc2)N(C2CCS(=O)(=O)C2)C3=O)cc1C. The molecule has 0 bridgehead atoms. The van der Waals surface area contributed by atoms with Crippen molar-refractivity contribution in [2.24, 2.45) is 0 Å². The number of rotatable bonds is 4. The molecule has 0 saturated carbocycles. The summed E-state index contributed by atoms with van der Waals surface area (Å²) in [7, 11) is -3.19. The molecular weight excluding hydrogens is 450 g/mol. The van der Waals surface area contributed by atoms with Gasteiger partial charge in [0.05, 0.1) is 17.5 Å². The minimum absolute atomic E-state index is 0.0404. The van der Waals surface area contributed by atoms with Gasteiger partial charge in [0.15, 0.2) is 9.84 Å². The van der Waals surface area contributed by atoms with E-state index in [2.05, 4.69) is 36.2 Å². The van der Waals surface area contributed by atoms with Crippen molar-refractivity contribution in [2.45, 2.75) is 52.1 Å². The number of nitrogens with one attached hydrogen (secondary N) is 1. The minimum atomic E-state index is -3.19. The molecule has 2 N–H and O–H groups in total. The average Bonchev–Trinajstić information content (AvgIpc) is 3.44. The van der Waals surface area contributed by atoms with Gasteiger partial charge < -0.3 is 10.0 Å². The molecule has 0 radical (unpaired) electrons. The van der Waals surface area contributed by atoms with E-state index >= 15 is 0 Å². The number of aryl methyl sites for hydroxylation is 2. The molecule has 2 aliphatic heterocycles. The quantitative estimate of drug-likeness (QED) is 0.582. The highest BCUT2D eigenvalue weighted by Crippen LogP contribution is 2.47. The van der Waals surface area contributed by atoms with Gasteiger partial charge >= 0.3 is 0 Å². The van der Waals surface area contributed by atoms with Crippen molar-refractivity contribution < 1.29 is 18.3 Å². The summed E-state index contributed by atoms with van der Waals surface area (Å²) in [5.41, 5.74) is 6.16. The smallest absolute Gasteiger partial charge is 0.273 e. The molecule has 1 fully saturated rings. The van der Waals surface area contributed by atoms with Gasteiger partial charge in [0, 0.05) is 17.2 Å². The lowest BCUT2D eigenvalue weighted by Crippen LogP contribution is -2.40. The number of phenols is 1. The van der Waals surface area contributed by atoms with Gasteiger partial charge in [-0.2, -0.15) is 5.10 Å². The molecular formula is C26H29N3O4S. The number of aromatic hydroxyl groups is 1. The number of phenolic OH excluding ortho intramolecular Hbond substituents is 1. The van der Waals surface area contributed by atoms with E-state index in [4.69, 9.17) is 0 Å². The maximum Gasteiger partial charge on any atom is 0.273 e. The number of benzene rings is 2. The molecule has 178 valence electrons. The molecule has 1 saturated heterocycles. The molecule has 0 spiro atoms. The van der Waals surface area contributed by atoms with Gasteiger partial charge in [-0.1, -0.05) is 38.1 Å². The summed E-state index contributed by atoms with van der Waals surface area (Å²) in [6, 6.07) is 10.8. The number of carbonyl (C=O) groups is 1. The van der Waals surface area contributed by atoms with Gasteiger partial charge in [-0.3, -0.25) is 9.89 Å². The van der Waals surface area contributed by atoms with E-state index in [1.54, 1.807) is 11.0 Å². The highest BCUT2D eigenvalue weighted by Gasteiger charge is 2.48. The molecule has 3 heterocycles. The second kappa shape index (κ2) is 7.98. The highest BCUT2D eigenvalue weighted by molar-refractivity contribution is 7.91. The zero-order chi connectivity index (χ0) is 24.4. The lowest BCUT2D eigenvalue weighted by atomic mass is 9.92. The largest absolute Gasteiger partial charge is 0.507 e. The molecule has 1 aromatic heterocycles. The Morgan fingerprint density at radius 3 is 2.41 bits per heavy atom. The summed E-state index contributed by atoms with van der Waals surface area (Å²) in [6.07, 6.45) is 0.413. The lowest BCUT2D eigenvalue weighted by molar-refractivity contribution is 0.0677. The van der Waals surface area contributed by atoms with Crippen molar-refractivity contribution in [1.82, 2.24) is 15.1 Å². The van der Waals surface area contributed by atoms with Gasteiger partial charge in [-0.05, 0) is 60.6 Å². The monoisotopic (exact) mass is 479 g/mol. The predicted octanol–water partition coefficient (Wildman–Crippen LogP) is 4.25.